The van der Waals surface area contributed by atoms with E-state index in [0.29, 0.717) is 18.0 Å². The van der Waals surface area contributed by atoms with E-state index in [-0.39, 0.29) is 5.75 Å². The van der Waals surface area contributed by atoms with Crippen molar-refractivity contribution in [2.45, 2.75) is 37.6 Å². The number of benzene rings is 1. The van der Waals surface area contributed by atoms with E-state index >= 15 is 0 Å². The Bertz CT molecular complexity index is 540. The Morgan fingerprint density at radius 3 is 2.57 bits per heavy atom. The van der Waals surface area contributed by atoms with Crippen LogP contribution in [0.2, 0.25) is 0 Å². The maximum absolute atomic E-state index is 12.4. The van der Waals surface area contributed by atoms with Crippen LogP contribution in [0.25, 0.3) is 0 Å². The van der Waals surface area contributed by atoms with E-state index in [2.05, 4.69) is 11.8 Å². The van der Waals surface area contributed by atoms with Crippen molar-refractivity contribution < 1.29 is 8.42 Å². The molecule has 1 heterocycles. The quantitative estimate of drug-likeness (QED) is 0.904. The maximum Gasteiger partial charge on any atom is 0.179 e. The fourth-order valence-electron chi connectivity index (χ4n) is 2.75. The Balaban J connectivity index is 1.94. The summed E-state index contributed by atoms with van der Waals surface area (Å²) in [4.78, 5) is 2.69. The van der Waals surface area contributed by atoms with Gasteiger partial charge in [0.05, 0.1) is 10.6 Å². The number of sulfone groups is 1. The van der Waals surface area contributed by atoms with E-state index in [9.17, 15) is 8.42 Å². The zero-order valence-corrected chi connectivity index (χ0v) is 13.6. The molecule has 118 valence electrons. The van der Waals surface area contributed by atoms with Gasteiger partial charge < -0.3 is 10.6 Å². The summed E-state index contributed by atoms with van der Waals surface area (Å²) in [6, 6.07) is 6.92. The molecule has 0 amide bonds. The standard InChI is InChI=1S/C16H26N2O2S/c1-14-3-2-9-18(10-8-14)11-12-21(19,20)16-6-4-15(13-17)5-7-16/h4-7,14H,2-3,8-13,17H2,1H3. The highest BCUT2D eigenvalue weighted by Gasteiger charge is 2.18. The van der Waals surface area contributed by atoms with Crippen molar-refractivity contribution in [3.05, 3.63) is 29.8 Å². The van der Waals surface area contributed by atoms with Gasteiger partial charge in [0.1, 0.15) is 0 Å². The molecule has 0 radical (unpaired) electrons. The zero-order valence-electron chi connectivity index (χ0n) is 12.8. The molecule has 1 aromatic carbocycles. The maximum atomic E-state index is 12.4. The van der Waals surface area contributed by atoms with Crippen LogP contribution in [-0.4, -0.2) is 38.7 Å². The van der Waals surface area contributed by atoms with Crippen LogP contribution in [-0.2, 0) is 16.4 Å². The second-order valence-corrected chi connectivity index (χ2v) is 8.15. The van der Waals surface area contributed by atoms with E-state index in [1.54, 1.807) is 24.3 Å². The summed E-state index contributed by atoms with van der Waals surface area (Å²) in [5.41, 5.74) is 6.49. The number of likely N-dealkylation sites (tertiary alicyclic amines) is 1. The van der Waals surface area contributed by atoms with Gasteiger partial charge in [-0.15, -0.1) is 0 Å². The predicted molar refractivity (Wildman–Crippen MR) is 85.8 cm³/mol. The molecule has 1 aliphatic heterocycles. The number of hydrogen-bond acceptors (Lipinski definition) is 4. The minimum Gasteiger partial charge on any atom is -0.326 e. The second-order valence-electron chi connectivity index (χ2n) is 6.04. The Morgan fingerprint density at radius 2 is 1.90 bits per heavy atom. The van der Waals surface area contributed by atoms with E-state index < -0.39 is 9.84 Å². The van der Waals surface area contributed by atoms with Crippen LogP contribution in [0.5, 0.6) is 0 Å². The predicted octanol–water partition coefficient (Wildman–Crippen LogP) is 2.04. The van der Waals surface area contributed by atoms with Gasteiger partial charge in [0, 0.05) is 13.1 Å². The molecule has 5 heteroatoms. The Kier molecular flexibility index (Phi) is 5.79. The molecule has 2 rings (SSSR count). The van der Waals surface area contributed by atoms with Gasteiger partial charge in [0.15, 0.2) is 9.84 Å². The van der Waals surface area contributed by atoms with Crippen LogP contribution in [0.15, 0.2) is 29.2 Å². The van der Waals surface area contributed by atoms with Crippen LogP contribution in [0, 0.1) is 5.92 Å². The summed E-state index contributed by atoms with van der Waals surface area (Å²) >= 11 is 0. The summed E-state index contributed by atoms with van der Waals surface area (Å²) in [5, 5.41) is 0. The molecular formula is C16H26N2O2S. The monoisotopic (exact) mass is 310 g/mol. The van der Waals surface area contributed by atoms with Gasteiger partial charge in [-0.3, -0.25) is 0 Å². The first-order chi connectivity index (χ1) is 10.0. The fourth-order valence-corrected chi connectivity index (χ4v) is 4.03. The highest BCUT2D eigenvalue weighted by molar-refractivity contribution is 7.91. The van der Waals surface area contributed by atoms with Gasteiger partial charge in [-0.2, -0.15) is 0 Å². The molecule has 2 N–H and O–H groups in total. The largest absolute Gasteiger partial charge is 0.326 e. The van der Waals surface area contributed by atoms with Crippen LogP contribution in [0.1, 0.15) is 31.7 Å². The Morgan fingerprint density at radius 1 is 1.19 bits per heavy atom. The lowest BCUT2D eigenvalue weighted by Gasteiger charge is -2.19. The first-order valence-electron chi connectivity index (χ1n) is 7.75. The van der Waals surface area contributed by atoms with Gasteiger partial charge in [0.25, 0.3) is 0 Å². The summed E-state index contributed by atoms with van der Waals surface area (Å²) < 4.78 is 24.7. The van der Waals surface area contributed by atoms with Gasteiger partial charge in [-0.1, -0.05) is 19.1 Å². The molecule has 0 bridgehead atoms. The molecular weight excluding hydrogens is 284 g/mol. The third-order valence-electron chi connectivity index (χ3n) is 4.30. The van der Waals surface area contributed by atoms with Gasteiger partial charge >= 0.3 is 0 Å². The van der Waals surface area contributed by atoms with Crippen molar-refractivity contribution in [3.63, 3.8) is 0 Å². The molecule has 1 fully saturated rings. The minimum atomic E-state index is -3.19. The Labute approximate surface area is 128 Å². The molecule has 0 saturated carbocycles. The van der Waals surface area contributed by atoms with Crippen LogP contribution < -0.4 is 5.73 Å². The van der Waals surface area contributed by atoms with E-state index in [4.69, 9.17) is 5.73 Å². The van der Waals surface area contributed by atoms with Crippen molar-refractivity contribution >= 4 is 9.84 Å². The number of rotatable bonds is 5. The normalized spacial score (nSPS) is 21.1. The third-order valence-corrected chi connectivity index (χ3v) is 6.01. The molecule has 1 aromatic rings. The van der Waals surface area contributed by atoms with Crippen molar-refractivity contribution in [2.75, 3.05) is 25.4 Å². The number of nitrogens with zero attached hydrogens (tertiary/aromatic N) is 1. The summed E-state index contributed by atoms with van der Waals surface area (Å²) in [6.45, 7) is 5.38. The number of nitrogens with two attached hydrogens (primary N) is 1. The molecule has 0 aliphatic carbocycles. The molecule has 1 saturated heterocycles. The molecule has 21 heavy (non-hydrogen) atoms. The lowest BCUT2D eigenvalue weighted by Crippen LogP contribution is -2.30. The van der Waals surface area contributed by atoms with Crippen molar-refractivity contribution in [2.24, 2.45) is 11.7 Å². The third kappa shape index (κ3) is 4.80. The topological polar surface area (TPSA) is 63.4 Å². The smallest absolute Gasteiger partial charge is 0.179 e. The first kappa shape index (κ1) is 16.5. The molecule has 0 spiro atoms. The molecule has 4 nitrogen and oxygen atoms in total. The van der Waals surface area contributed by atoms with Gasteiger partial charge in [-0.25, -0.2) is 8.42 Å². The van der Waals surface area contributed by atoms with Gasteiger partial charge in [0.2, 0.25) is 0 Å². The highest BCUT2D eigenvalue weighted by atomic mass is 32.2. The SMILES string of the molecule is CC1CCCN(CCS(=O)(=O)c2ccc(CN)cc2)CC1. The van der Waals surface area contributed by atoms with Crippen molar-refractivity contribution in [1.82, 2.24) is 4.90 Å². The van der Waals surface area contributed by atoms with E-state index in [1.807, 2.05) is 0 Å². The van der Waals surface area contributed by atoms with Crippen molar-refractivity contribution in [1.29, 1.82) is 0 Å². The van der Waals surface area contributed by atoms with E-state index in [0.717, 1.165) is 24.6 Å². The minimum absolute atomic E-state index is 0.198. The average molecular weight is 310 g/mol. The summed E-state index contributed by atoms with van der Waals surface area (Å²) in [7, 11) is -3.19. The molecule has 1 atom stereocenters. The molecule has 1 aliphatic rings. The van der Waals surface area contributed by atoms with E-state index in [1.165, 1.54) is 19.3 Å². The molecule has 0 aromatic heterocycles. The van der Waals surface area contributed by atoms with Crippen LogP contribution in [0.4, 0.5) is 0 Å². The molecule has 1 unspecified atom stereocenters. The van der Waals surface area contributed by atoms with Gasteiger partial charge in [-0.05, 0) is 56.0 Å². The fraction of sp³-hybridized carbons (Fsp3) is 0.625. The lowest BCUT2D eigenvalue weighted by molar-refractivity contribution is 0.298. The lowest BCUT2D eigenvalue weighted by atomic mass is 10.0. The Hall–Kier alpha value is -0.910. The average Bonchev–Trinajstić information content (AvgIpc) is 2.70. The van der Waals surface area contributed by atoms with Crippen LogP contribution >= 0.6 is 0 Å². The first-order valence-corrected chi connectivity index (χ1v) is 9.40. The van der Waals surface area contributed by atoms with Crippen molar-refractivity contribution in [3.8, 4) is 0 Å². The summed E-state index contributed by atoms with van der Waals surface area (Å²) in [6.07, 6.45) is 3.60. The highest BCUT2D eigenvalue weighted by Crippen LogP contribution is 2.17. The second kappa shape index (κ2) is 7.38. The number of hydrogen-bond donors (Lipinski definition) is 1. The zero-order chi connectivity index (χ0) is 15.3. The summed E-state index contributed by atoms with van der Waals surface area (Å²) in [5.74, 6) is 0.957. The van der Waals surface area contributed by atoms with Crippen LogP contribution in [0.3, 0.4) is 0 Å².